The van der Waals surface area contributed by atoms with Gasteiger partial charge in [0.1, 0.15) is 23.5 Å². The monoisotopic (exact) mass is 490 g/mol. The number of urea groups is 1. The highest BCUT2D eigenvalue weighted by molar-refractivity contribution is 9.10. The van der Waals surface area contributed by atoms with Crippen LogP contribution in [-0.4, -0.2) is 40.8 Å². The van der Waals surface area contributed by atoms with Crippen molar-refractivity contribution >= 4 is 45.2 Å². The van der Waals surface area contributed by atoms with Gasteiger partial charge in [-0.25, -0.2) is 4.79 Å². The zero-order chi connectivity index (χ0) is 22.8. The normalized spacial score (nSPS) is 18.0. The van der Waals surface area contributed by atoms with Gasteiger partial charge in [0.2, 0.25) is 5.91 Å². The number of benzene rings is 2. The van der Waals surface area contributed by atoms with Crippen LogP contribution in [0.5, 0.6) is 5.75 Å². The van der Waals surface area contributed by atoms with Gasteiger partial charge >= 0.3 is 6.03 Å². The molecule has 0 bridgehead atoms. The van der Waals surface area contributed by atoms with Crippen molar-refractivity contribution in [2.24, 2.45) is 0 Å². The third-order valence-electron chi connectivity index (χ3n) is 4.74. The van der Waals surface area contributed by atoms with Gasteiger partial charge in [-0.05, 0) is 32.0 Å². The lowest BCUT2D eigenvalue weighted by Crippen LogP contribution is -2.42. The number of halogens is 1. The molecular formula is C20H19BrN4O6. The molecule has 2 aromatic rings. The van der Waals surface area contributed by atoms with Crippen LogP contribution < -0.4 is 15.4 Å². The van der Waals surface area contributed by atoms with Crippen LogP contribution in [0.2, 0.25) is 0 Å². The first-order chi connectivity index (χ1) is 14.7. The maximum absolute atomic E-state index is 13.0. The van der Waals surface area contributed by atoms with Gasteiger partial charge in [-0.3, -0.25) is 24.6 Å². The fraction of sp³-hybridized carbons (Fsp3) is 0.250. The number of nitro benzene ring substituents is 1. The topological polar surface area (TPSA) is 131 Å². The van der Waals surface area contributed by atoms with Gasteiger partial charge in [-0.2, -0.15) is 0 Å². The molecule has 10 nitrogen and oxygen atoms in total. The fourth-order valence-corrected chi connectivity index (χ4v) is 3.93. The number of hydrogen-bond donors (Lipinski definition) is 2. The van der Waals surface area contributed by atoms with Crippen molar-refractivity contribution in [1.29, 1.82) is 0 Å². The van der Waals surface area contributed by atoms with Crippen LogP contribution in [-0.2, 0) is 15.1 Å². The number of imide groups is 1. The van der Waals surface area contributed by atoms with Crippen LogP contribution in [0.3, 0.4) is 0 Å². The number of ether oxygens (including phenoxy) is 1. The van der Waals surface area contributed by atoms with Crippen LogP contribution in [0.4, 0.5) is 16.2 Å². The predicted molar refractivity (Wildman–Crippen MR) is 115 cm³/mol. The Kier molecular flexibility index (Phi) is 6.25. The molecule has 1 saturated heterocycles. The van der Waals surface area contributed by atoms with E-state index in [2.05, 4.69) is 26.6 Å². The number of carbonyl (C=O) groups is 3. The maximum atomic E-state index is 13.0. The average Bonchev–Trinajstić information content (AvgIpc) is 2.93. The molecule has 1 unspecified atom stereocenters. The highest BCUT2D eigenvalue weighted by Gasteiger charge is 2.50. The second kappa shape index (κ2) is 8.72. The molecule has 4 amide bonds. The summed E-state index contributed by atoms with van der Waals surface area (Å²) < 4.78 is 5.87. The molecule has 0 spiro atoms. The Hall–Kier alpha value is -3.47. The van der Waals surface area contributed by atoms with Crippen LogP contribution >= 0.6 is 15.9 Å². The van der Waals surface area contributed by atoms with Crippen molar-refractivity contribution in [2.75, 3.05) is 18.5 Å². The minimum atomic E-state index is -1.36. The molecule has 1 fully saturated rings. The Bertz CT molecular complexity index is 1080. The number of amides is 4. The molecule has 2 aromatic carbocycles. The number of nitrogens with zero attached hydrogens (tertiary/aromatic N) is 2. The molecule has 31 heavy (non-hydrogen) atoms. The van der Waals surface area contributed by atoms with E-state index in [1.165, 1.54) is 18.2 Å². The summed E-state index contributed by atoms with van der Waals surface area (Å²) in [4.78, 5) is 49.4. The highest BCUT2D eigenvalue weighted by atomic mass is 79.9. The number of nitro groups is 1. The van der Waals surface area contributed by atoms with E-state index in [1.54, 1.807) is 38.1 Å². The molecule has 1 atom stereocenters. The number of carbonyl (C=O) groups excluding carboxylic acids is 3. The van der Waals surface area contributed by atoms with Crippen molar-refractivity contribution in [2.45, 2.75) is 19.4 Å². The van der Waals surface area contributed by atoms with E-state index in [4.69, 9.17) is 4.74 Å². The molecule has 162 valence electrons. The molecular weight excluding hydrogens is 472 g/mol. The Labute approximate surface area is 185 Å². The van der Waals surface area contributed by atoms with E-state index in [9.17, 15) is 24.5 Å². The van der Waals surface area contributed by atoms with E-state index in [-0.39, 0.29) is 17.1 Å². The third kappa shape index (κ3) is 4.36. The molecule has 0 radical (unpaired) electrons. The first kappa shape index (κ1) is 22.2. The first-order valence-electron chi connectivity index (χ1n) is 9.27. The second-order valence-corrected chi connectivity index (χ2v) is 7.70. The van der Waals surface area contributed by atoms with E-state index < -0.39 is 34.9 Å². The lowest BCUT2D eigenvalue weighted by Gasteiger charge is -2.23. The standard InChI is InChI=1S/C20H19BrN4O6/c1-3-31-12-8-9-15(16(10-12)25(29)30)22-17(26)11-24-18(27)20(2,23-19(24)28)13-6-4-5-7-14(13)21/h4-10H,3,11H2,1-2H3,(H,22,26)(H,23,28). The summed E-state index contributed by atoms with van der Waals surface area (Å²) in [5.74, 6) is -1.08. The minimum Gasteiger partial charge on any atom is -0.494 e. The van der Waals surface area contributed by atoms with Crippen molar-refractivity contribution in [3.63, 3.8) is 0 Å². The van der Waals surface area contributed by atoms with E-state index in [0.717, 1.165) is 4.90 Å². The molecule has 1 aliphatic rings. The quantitative estimate of drug-likeness (QED) is 0.348. The third-order valence-corrected chi connectivity index (χ3v) is 5.43. The maximum Gasteiger partial charge on any atom is 0.325 e. The molecule has 1 aliphatic heterocycles. The molecule has 0 aliphatic carbocycles. The summed E-state index contributed by atoms with van der Waals surface area (Å²) in [6.45, 7) is 3.00. The van der Waals surface area contributed by atoms with Gasteiger partial charge in [0.25, 0.3) is 11.6 Å². The van der Waals surface area contributed by atoms with Gasteiger partial charge in [-0.15, -0.1) is 0 Å². The number of anilines is 1. The first-order valence-corrected chi connectivity index (χ1v) is 10.1. The van der Waals surface area contributed by atoms with E-state index in [0.29, 0.717) is 16.6 Å². The molecule has 3 rings (SSSR count). The fourth-order valence-electron chi connectivity index (χ4n) is 3.25. The summed E-state index contributed by atoms with van der Waals surface area (Å²) in [5.41, 5.74) is -1.25. The molecule has 0 saturated carbocycles. The zero-order valence-electron chi connectivity index (χ0n) is 16.7. The molecule has 11 heteroatoms. The Balaban J connectivity index is 1.78. The number of hydrogen-bond acceptors (Lipinski definition) is 6. The summed E-state index contributed by atoms with van der Waals surface area (Å²) in [6, 6.07) is 10.2. The van der Waals surface area contributed by atoms with Crippen LogP contribution in [0.25, 0.3) is 0 Å². The SMILES string of the molecule is CCOc1ccc(NC(=O)CN2C(=O)NC(C)(c3ccccc3Br)C2=O)c([N+](=O)[O-])c1. The van der Waals surface area contributed by atoms with Crippen molar-refractivity contribution < 1.29 is 24.0 Å². The summed E-state index contributed by atoms with van der Waals surface area (Å²) in [7, 11) is 0. The number of nitrogens with one attached hydrogen (secondary N) is 2. The van der Waals surface area contributed by atoms with Crippen molar-refractivity contribution in [3.05, 3.63) is 62.6 Å². The van der Waals surface area contributed by atoms with Gasteiger partial charge in [0, 0.05) is 10.0 Å². The van der Waals surface area contributed by atoms with Crippen molar-refractivity contribution in [1.82, 2.24) is 10.2 Å². The zero-order valence-corrected chi connectivity index (χ0v) is 18.3. The molecule has 0 aromatic heterocycles. The van der Waals surface area contributed by atoms with Crippen LogP contribution in [0.15, 0.2) is 46.9 Å². The van der Waals surface area contributed by atoms with Gasteiger partial charge in [0.05, 0.1) is 17.6 Å². The molecule has 2 N–H and O–H groups in total. The lowest BCUT2D eigenvalue weighted by atomic mass is 9.92. The second-order valence-electron chi connectivity index (χ2n) is 6.84. The average molecular weight is 491 g/mol. The Morgan fingerprint density at radius 2 is 2.00 bits per heavy atom. The Morgan fingerprint density at radius 3 is 2.65 bits per heavy atom. The van der Waals surface area contributed by atoms with Crippen molar-refractivity contribution in [3.8, 4) is 5.75 Å². The summed E-state index contributed by atoms with van der Waals surface area (Å²) in [5, 5.41) is 16.3. The highest BCUT2D eigenvalue weighted by Crippen LogP contribution is 2.34. The minimum absolute atomic E-state index is 0.0703. The number of rotatable bonds is 7. The van der Waals surface area contributed by atoms with Crippen LogP contribution in [0, 0.1) is 10.1 Å². The summed E-state index contributed by atoms with van der Waals surface area (Å²) >= 11 is 3.37. The van der Waals surface area contributed by atoms with E-state index >= 15 is 0 Å². The molecule has 1 heterocycles. The lowest BCUT2D eigenvalue weighted by molar-refractivity contribution is -0.384. The van der Waals surface area contributed by atoms with E-state index in [1.807, 2.05) is 0 Å². The summed E-state index contributed by atoms with van der Waals surface area (Å²) in [6.07, 6.45) is 0. The van der Waals surface area contributed by atoms with Crippen LogP contribution in [0.1, 0.15) is 19.4 Å². The van der Waals surface area contributed by atoms with Gasteiger partial charge < -0.3 is 15.4 Å². The largest absolute Gasteiger partial charge is 0.494 e. The van der Waals surface area contributed by atoms with Gasteiger partial charge in [0.15, 0.2) is 0 Å². The predicted octanol–water partition coefficient (Wildman–Crippen LogP) is 3.16. The smallest absolute Gasteiger partial charge is 0.325 e. The Morgan fingerprint density at radius 1 is 1.29 bits per heavy atom. The van der Waals surface area contributed by atoms with Gasteiger partial charge in [-0.1, -0.05) is 34.1 Å².